The van der Waals surface area contributed by atoms with Gasteiger partial charge in [0.15, 0.2) is 5.96 Å². The Kier molecular flexibility index (Phi) is 7.56. The van der Waals surface area contributed by atoms with Gasteiger partial charge in [-0.3, -0.25) is 4.99 Å². The summed E-state index contributed by atoms with van der Waals surface area (Å²) in [7, 11) is 1.63. The molecule has 0 heterocycles. The summed E-state index contributed by atoms with van der Waals surface area (Å²) < 4.78 is 4.95. The number of nitriles is 1. The molecule has 5 nitrogen and oxygen atoms in total. The number of ether oxygens (including phenoxy) is 1. The van der Waals surface area contributed by atoms with Crippen LogP contribution in [0.15, 0.2) is 4.99 Å². The fraction of sp³-hybridized carbons (Fsp3) is 0.778. The number of rotatable bonds is 6. The number of hydrogen-bond donors (Lipinski definition) is 1. The highest BCUT2D eigenvalue weighted by atomic mass is 16.5. The van der Waals surface area contributed by atoms with Gasteiger partial charge in [0.1, 0.15) is 0 Å². The van der Waals surface area contributed by atoms with Gasteiger partial charge in [-0.15, -0.1) is 0 Å². The maximum Gasteiger partial charge on any atom is 0.191 e. The van der Waals surface area contributed by atoms with Gasteiger partial charge in [0.25, 0.3) is 0 Å². The van der Waals surface area contributed by atoms with Crippen molar-refractivity contribution in [1.82, 2.24) is 4.90 Å². The third-order valence-corrected chi connectivity index (χ3v) is 1.70. The minimum atomic E-state index is 0.448. The van der Waals surface area contributed by atoms with Crippen molar-refractivity contribution in [1.29, 1.82) is 5.26 Å². The quantitative estimate of drug-likeness (QED) is 0.488. The van der Waals surface area contributed by atoms with Crippen molar-refractivity contribution in [3.8, 4) is 6.07 Å². The van der Waals surface area contributed by atoms with Gasteiger partial charge in [0.2, 0.25) is 0 Å². The lowest BCUT2D eigenvalue weighted by molar-refractivity contribution is 0.176. The molecule has 0 unspecified atom stereocenters. The van der Waals surface area contributed by atoms with Crippen LogP contribution in [0.3, 0.4) is 0 Å². The monoisotopic (exact) mass is 198 g/mol. The van der Waals surface area contributed by atoms with Gasteiger partial charge in [-0.2, -0.15) is 5.26 Å². The van der Waals surface area contributed by atoms with Gasteiger partial charge < -0.3 is 15.4 Å². The van der Waals surface area contributed by atoms with E-state index in [-0.39, 0.29) is 0 Å². The van der Waals surface area contributed by atoms with Gasteiger partial charge in [0.05, 0.1) is 19.1 Å². The number of nitrogens with zero attached hydrogens (tertiary/aromatic N) is 3. The Hall–Kier alpha value is -1.28. The highest BCUT2D eigenvalue weighted by Crippen LogP contribution is 1.91. The molecule has 0 aromatic heterocycles. The largest absolute Gasteiger partial charge is 0.383 e. The van der Waals surface area contributed by atoms with E-state index >= 15 is 0 Å². The summed E-state index contributed by atoms with van der Waals surface area (Å²) in [5.41, 5.74) is 5.72. The maximum atomic E-state index is 8.46. The Morgan fingerprint density at radius 3 is 2.79 bits per heavy atom. The van der Waals surface area contributed by atoms with Crippen LogP contribution in [0.2, 0.25) is 0 Å². The van der Waals surface area contributed by atoms with Gasteiger partial charge in [-0.05, 0) is 6.92 Å². The van der Waals surface area contributed by atoms with Crippen LogP contribution in [0, 0.1) is 11.3 Å². The molecule has 14 heavy (non-hydrogen) atoms. The third-order valence-electron chi connectivity index (χ3n) is 1.70. The van der Waals surface area contributed by atoms with Crippen molar-refractivity contribution < 1.29 is 4.74 Å². The van der Waals surface area contributed by atoms with Crippen molar-refractivity contribution >= 4 is 5.96 Å². The van der Waals surface area contributed by atoms with E-state index in [1.165, 1.54) is 0 Å². The van der Waals surface area contributed by atoms with Gasteiger partial charge in [-0.25, -0.2) is 0 Å². The molecular formula is C9H18N4O. The van der Waals surface area contributed by atoms with Crippen LogP contribution >= 0.6 is 0 Å². The predicted octanol–water partition coefficient (Wildman–Crippen LogP) is 0.183. The molecule has 0 rings (SSSR count). The first-order valence-corrected chi connectivity index (χ1v) is 4.67. The van der Waals surface area contributed by atoms with E-state index in [9.17, 15) is 0 Å². The molecule has 0 amide bonds. The summed E-state index contributed by atoms with van der Waals surface area (Å²) in [6.45, 7) is 4.45. The Bertz CT molecular complexity index is 209. The van der Waals surface area contributed by atoms with Gasteiger partial charge in [0, 0.05) is 26.7 Å². The lowest BCUT2D eigenvalue weighted by Gasteiger charge is -2.21. The lowest BCUT2D eigenvalue weighted by atomic mass is 10.4. The van der Waals surface area contributed by atoms with E-state index < -0.39 is 0 Å². The summed E-state index contributed by atoms with van der Waals surface area (Å²) in [5, 5.41) is 8.46. The second-order valence-electron chi connectivity index (χ2n) is 2.72. The van der Waals surface area contributed by atoms with Crippen LogP contribution in [-0.4, -0.2) is 44.2 Å². The minimum Gasteiger partial charge on any atom is -0.383 e. The Labute approximate surface area is 85.2 Å². The third kappa shape index (κ3) is 5.38. The molecule has 0 atom stereocenters. The SMILES string of the molecule is CCN=C(N)N(CCC#N)CCOC. The highest BCUT2D eigenvalue weighted by Gasteiger charge is 2.05. The molecule has 0 aromatic rings. The summed E-state index contributed by atoms with van der Waals surface area (Å²) in [5.74, 6) is 0.486. The summed E-state index contributed by atoms with van der Waals surface area (Å²) in [4.78, 5) is 5.94. The average molecular weight is 198 g/mol. The fourth-order valence-electron chi connectivity index (χ4n) is 0.989. The molecular weight excluding hydrogens is 180 g/mol. The number of nitrogens with two attached hydrogens (primary N) is 1. The standard InChI is InChI=1S/C9H18N4O/c1-3-12-9(11)13(6-4-5-10)7-8-14-2/h3-4,6-8H2,1-2H3,(H2,11,12). The van der Waals surface area contributed by atoms with Crippen LogP contribution in [0.1, 0.15) is 13.3 Å². The van der Waals surface area contributed by atoms with Crippen LogP contribution in [0.25, 0.3) is 0 Å². The molecule has 5 heteroatoms. The molecule has 0 spiro atoms. The minimum absolute atomic E-state index is 0.448. The molecule has 0 bridgehead atoms. The predicted molar refractivity (Wildman–Crippen MR) is 55.8 cm³/mol. The van der Waals surface area contributed by atoms with Crippen molar-refractivity contribution in [3.63, 3.8) is 0 Å². The second-order valence-corrected chi connectivity index (χ2v) is 2.72. The first kappa shape index (κ1) is 12.7. The van der Waals surface area contributed by atoms with E-state index in [0.29, 0.717) is 38.6 Å². The first-order valence-electron chi connectivity index (χ1n) is 4.67. The number of methoxy groups -OCH3 is 1. The van der Waals surface area contributed by atoms with E-state index in [1.54, 1.807) is 7.11 Å². The zero-order chi connectivity index (χ0) is 10.8. The summed E-state index contributed by atoms with van der Waals surface area (Å²) >= 11 is 0. The molecule has 0 radical (unpaired) electrons. The molecule has 0 aromatic carbocycles. The molecule has 2 N–H and O–H groups in total. The first-order chi connectivity index (χ1) is 6.76. The number of hydrogen-bond acceptors (Lipinski definition) is 3. The molecule has 0 aliphatic rings. The van der Waals surface area contributed by atoms with Crippen molar-refractivity contribution in [2.75, 3.05) is 33.4 Å². The molecule has 0 fully saturated rings. The van der Waals surface area contributed by atoms with E-state index in [1.807, 2.05) is 11.8 Å². The van der Waals surface area contributed by atoms with E-state index in [2.05, 4.69) is 11.1 Å². The van der Waals surface area contributed by atoms with Crippen LogP contribution < -0.4 is 5.73 Å². The number of guanidine groups is 1. The van der Waals surface area contributed by atoms with Crippen LogP contribution in [0.4, 0.5) is 0 Å². The Morgan fingerprint density at radius 1 is 1.57 bits per heavy atom. The Balaban J connectivity index is 4.09. The second kappa shape index (κ2) is 8.32. The molecule has 0 aliphatic heterocycles. The van der Waals surface area contributed by atoms with Crippen molar-refractivity contribution in [2.45, 2.75) is 13.3 Å². The summed E-state index contributed by atoms with van der Waals surface area (Å²) in [6.07, 6.45) is 0.448. The molecule has 80 valence electrons. The molecule has 0 saturated carbocycles. The zero-order valence-corrected chi connectivity index (χ0v) is 8.86. The van der Waals surface area contributed by atoms with Gasteiger partial charge >= 0.3 is 0 Å². The number of aliphatic imine (C=N–C) groups is 1. The van der Waals surface area contributed by atoms with E-state index in [0.717, 1.165) is 0 Å². The summed E-state index contributed by atoms with van der Waals surface area (Å²) in [6, 6.07) is 2.08. The smallest absolute Gasteiger partial charge is 0.191 e. The maximum absolute atomic E-state index is 8.46. The highest BCUT2D eigenvalue weighted by molar-refractivity contribution is 5.78. The normalized spacial score (nSPS) is 11.1. The van der Waals surface area contributed by atoms with Gasteiger partial charge in [-0.1, -0.05) is 0 Å². The fourth-order valence-corrected chi connectivity index (χ4v) is 0.989. The van der Waals surface area contributed by atoms with Crippen LogP contribution in [0.5, 0.6) is 0 Å². The lowest BCUT2D eigenvalue weighted by Crippen LogP contribution is -2.40. The molecule has 0 saturated heterocycles. The Morgan fingerprint density at radius 2 is 2.29 bits per heavy atom. The van der Waals surface area contributed by atoms with Crippen molar-refractivity contribution in [2.24, 2.45) is 10.7 Å². The van der Waals surface area contributed by atoms with Crippen LogP contribution in [-0.2, 0) is 4.74 Å². The topological polar surface area (TPSA) is 74.6 Å². The molecule has 0 aliphatic carbocycles. The zero-order valence-electron chi connectivity index (χ0n) is 8.86. The average Bonchev–Trinajstić information content (AvgIpc) is 2.18. The van der Waals surface area contributed by atoms with E-state index in [4.69, 9.17) is 15.7 Å². The van der Waals surface area contributed by atoms with Crippen molar-refractivity contribution in [3.05, 3.63) is 0 Å².